The van der Waals surface area contributed by atoms with Crippen LogP contribution in [0.15, 0.2) is 35.4 Å². The van der Waals surface area contributed by atoms with Gasteiger partial charge >= 0.3 is 0 Å². The van der Waals surface area contributed by atoms with E-state index >= 15 is 0 Å². The predicted octanol–water partition coefficient (Wildman–Crippen LogP) is 5.78. The van der Waals surface area contributed by atoms with Gasteiger partial charge in [0, 0.05) is 23.4 Å². The molecule has 0 bridgehead atoms. The molecule has 17 heavy (non-hydrogen) atoms. The quantitative estimate of drug-likeness (QED) is 0.573. The van der Waals surface area contributed by atoms with Crippen LogP contribution in [-0.4, -0.2) is 8.67 Å². The molecule has 0 saturated heterocycles. The van der Waals surface area contributed by atoms with Crippen LogP contribution in [0.25, 0.3) is 5.57 Å². The second-order valence-corrected chi connectivity index (χ2v) is 7.64. The van der Waals surface area contributed by atoms with E-state index in [1.165, 1.54) is 0 Å². The lowest BCUT2D eigenvalue weighted by atomic mass is 9.92. The highest BCUT2D eigenvalue weighted by Crippen LogP contribution is 2.54. The first-order valence-corrected chi connectivity index (χ1v) is 6.91. The molecule has 0 aliphatic heterocycles. The van der Waals surface area contributed by atoms with E-state index in [1.807, 2.05) is 30.3 Å². The van der Waals surface area contributed by atoms with E-state index in [2.05, 4.69) is 0 Å². The van der Waals surface area contributed by atoms with Crippen LogP contribution in [0.1, 0.15) is 18.4 Å². The minimum absolute atomic E-state index is 0.243. The smallest absolute Gasteiger partial charge is 0.101 e. The van der Waals surface area contributed by atoms with Gasteiger partial charge in [0.05, 0.1) is 0 Å². The van der Waals surface area contributed by atoms with Gasteiger partial charge in [0.2, 0.25) is 0 Å². The largest absolute Gasteiger partial charge is 0.147 e. The van der Waals surface area contributed by atoms with Crippen LogP contribution in [0, 0.1) is 0 Å². The molecular weight excluding hydrogens is 321 g/mol. The maximum atomic E-state index is 6.31. The molecule has 0 spiro atoms. The standard InChI is InChI=1S/C12H9Cl5/c13-9-6-11(14,15)7-12(16,17)10(9)8-4-2-1-3-5-8/h1-5H,6-7H2. The Balaban J connectivity index is 2.52. The van der Waals surface area contributed by atoms with E-state index in [4.69, 9.17) is 58.0 Å². The Kier molecular flexibility index (Phi) is 3.93. The summed E-state index contributed by atoms with van der Waals surface area (Å²) in [5.74, 6) is 0. The topological polar surface area (TPSA) is 0 Å². The minimum atomic E-state index is -1.17. The molecule has 0 atom stereocenters. The van der Waals surface area contributed by atoms with Crippen LogP contribution >= 0.6 is 58.0 Å². The third-order valence-corrected chi connectivity index (χ3v) is 4.10. The molecule has 2 rings (SSSR count). The van der Waals surface area contributed by atoms with Gasteiger partial charge < -0.3 is 0 Å². The molecule has 0 radical (unpaired) electrons. The summed E-state index contributed by atoms with van der Waals surface area (Å²) in [6.07, 6.45) is 0.593. The van der Waals surface area contributed by atoms with Crippen molar-refractivity contribution in [2.75, 3.05) is 0 Å². The molecular formula is C12H9Cl5. The highest BCUT2D eigenvalue weighted by Gasteiger charge is 2.45. The Labute approximate surface area is 125 Å². The summed E-state index contributed by atoms with van der Waals surface area (Å²) >= 11 is 31.0. The number of halogens is 5. The van der Waals surface area contributed by atoms with E-state index in [-0.39, 0.29) is 6.42 Å². The molecule has 0 aromatic heterocycles. The molecule has 1 aromatic carbocycles. The van der Waals surface area contributed by atoms with Gasteiger partial charge in [-0.15, -0.1) is 23.2 Å². The van der Waals surface area contributed by atoms with E-state index < -0.39 is 8.67 Å². The Hall–Kier alpha value is 0.410. The molecule has 1 aliphatic carbocycles. The second kappa shape index (κ2) is 4.83. The third kappa shape index (κ3) is 3.05. The van der Waals surface area contributed by atoms with Gasteiger partial charge in [-0.3, -0.25) is 0 Å². The molecule has 0 unspecified atom stereocenters. The van der Waals surface area contributed by atoms with Crippen molar-refractivity contribution in [3.63, 3.8) is 0 Å². The van der Waals surface area contributed by atoms with Crippen LogP contribution in [0.5, 0.6) is 0 Å². The molecule has 0 amide bonds. The maximum absolute atomic E-state index is 6.31. The first-order chi connectivity index (χ1) is 7.82. The van der Waals surface area contributed by atoms with Crippen molar-refractivity contribution in [1.82, 2.24) is 0 Å². The molecule has 0 fully saturated rings. The van der Waals surface area contributed by atoms with Gasteiger partial charge in [0.15, 0.2) is 0 Å². The highest BCUT2D eigenvalue weighted by molar-refractivity contribution is 6.58. The number of hydrogen-bond donors (Lipinski definition) is 0. The van der Waals surface area contributed by atoms with Crippen molar-refractivity contribution >= 4 is 63.6 Å². The van der Waals surface area contributed by atoms with Gasteiger partial charge in [-0.1, -0.05) is 65.1 Å². The zero-order valence-corrected chi connectivity index (χ0v) is 12.5. The zero-order valence-electron chi connectivity index (χ0n) is 8.69. The Morgan fingerprint density at radius 3 is 2.06 bits per heavy atom. The molecule has 1 aromatic rings. The highest BCUT2D eigenvalue weighted by atomic mass is 35.5. The summed E-state index contributed by atoms with van der Waals surface area (Å²) in [6, 6.07) is 9.54. The zero-order chi connectivity index (χ0) is 12.7. The number of alkyl halides is 4. The summed E-state index contributed by atoms with van der Waals surface area (Å²) in [5, 5.41) is 0.512. The Morgan fingerprint density at radius 2 is 1.53 bits per heavy atom. The van der Waals surface area contributed by atoms with Crippen molar-refractivity contribution in [2.45, 2.75) is 21.5 Å². The van der Waals surface area contributed by atoms with E-state index in [1.54, 1.807) is 0 Å². The monoisotopic (exact) mass is 328 g/mol. The number of rotatable bonds is 1. The van der Waals surface area contributed by atoms with Gasteiger partial charge in [-0.25, -0.2) is 0 Å². The summed E-state index contributed by atoms with van der Waals surface area (Å²) in [7, 11) is 0. The first kappa shape index (κ1) is 13.8. The second-order valence-electron chi connectivity index (χ2n) is 4.06. The molecule has 0 saturated carbocycles. The van der Waals surface area contributed by atoms with Crippen molar-refractivity contribution in [2.24, 2.45) is 0 Å². The fourth-order valence-corrected chi connectivity index (χ4v) is 4.54. The number of hydrogen-bond acceptors (Lipinski definition) is 0. The van der Waals surface area contributed by atoms with Gasteiger partial charge in [-0.2, -0.15) is 0 Å². The molecule has 5 heteroatoms. The lowest BCUT2D eigenvalue weighted by Crippen LogP contribution is -2.32. The van der Waals surface area contributed by atoms with Crippen LogP contribution in [0.4, 0.5) is 0 Å². The third-order valence-electron chi connectivity index (χ3n) is 2.59. The van der Waals surface area contributed by atoms with Crippen molar-refractivity contribution < 1.29 is 0 Å². The minimum Gasteiger partial charge on any atom is -0.101 e. The van der Waals surface area contributed by atoms with Crippen LogP contribution < -0.4 is 0 Å². The SMILES string of the molecule is ClC1=C(c2ccccc2)C(Cl)(Cl)CC(Cl)(Cl)C1. The number of benzene rings is 1. The fraction of sp³-hybridized carbons (Fsp3) is 0.333. The fourth-order valence-electron chi connectivity index (χ4n) is 1.96. The summed E-state index contributed by atoms with van der Waals surface area (Å²) < 4.78 is -2.18. The molecule has 0 heterocycles. The van der Waals surface area contributed by atoms with Crippen LogP contribution in [-0.2, 0) is 0 Å². The summed E-state index contributed by atoms with van der Waals surface area (Å²) in [6.45, 7) is 0. The van der Waals surface area contributed by atoms with Crippen molar-refractivity contribution in [1.29, 1.82) is 0 Å². The molecule has 0 N–H and O–H groups in total. The molecule has 92 valence electrons. The predicted molar refractivity (Wildman–Crippen MR) is 77.3 cm³/mol. The summed E-state index contributed by atoms with van der Waals surface area (Å²) in [5.41, 5.74) is 1.59. The average molecular weight is 330 g/mol. The lowest BCUT2D eigenvalue weighted by molar-refractivity contribution is 0.661. The van der Waals surface area contributed by atoms with E-state index in [9.17, 15) is 0 Å². The Bertz CT molecular complexity index is 447. The maximum Gasteiger partial charge on any atom is 0.147 e. The van der Waals surface area contributed by atoms with Gasteiger partial charge in [-0.05, 0) is 5.56 Å². The number of allylic oxidation sites excluding steroid dienone is 2. The van der Waals surface area contributed by atoms with Crippen LogP contribution in [0.3, 0.4) is 0 Å². The van der Waals surface area contributed by atoms with Gasteiger partial charge in [0.1, 0.15) is 8.67 Å². The van der Waals surface area contributed by atoms with Crippen molar-refractivity contribution in [3.8, 4) is 0 Å². The van der Waals surface area contributed by atoms with E-state index in [0.29, 0.717) is 17.0 Å². The summed E-state index contributed by atoms with van der Waals surface area (Å²) in [4.78, 5) is 0. The van der Waals surface area contributed by atoms with Gasteiger partial charge in [0.25, 0.3) is 0 Å². The Morgan fingerprint density at radius 1 is 0.941 bits per heavy atom. The van der Waals surface area contributed by atoms with E-state index in [0.717, 1.165) is 5.56 Å². The van der Waals surface area contributed by atoms with Crippen molar-refractivity contribution in [3.05, 3.63) is 40.9 Å². The van der Waals surface area contributed by atoms with Crippen LogP contribution in [0.2, 0.25) is 0 Å². The molecule has 0 nitrogen and oxygen atoms in total. The average Bonchev–Trinajstić information content (AvgIpc) is 2.14. The normalized spacial score (nSPS) is 22.6. The molecule has 1 aliphatic rings. The lowest BCUT2D eigenvalue weighted by Gasteiger charge is -2.36. The first-order valence-electron chi connectivity index (χ1n) is 5.02.